The van der Waals surface area contributed by atoms with E-state index < -0.39 is 0 Å². The zero-order chi connectivity index (χ0) is 8.23. The molecule has 2 rings (SSSR count). The van der Waals surface area contributed by atoms with Gasteiger partial charge in [0.25, 0.3) is 0 Å². The van der Waals surface area contributed by atoms with Gasteiger partial charge in [-0.1, -0.05) is 30.9 Å². The zero-order valence-electron chi connectivity index (χ0n) is 8.02. The molecule has 0 bridgehead atoms. The van der Waals surface area contributed by atoms with Crippen LogP contribution in [0.3, 0.4) is 0 Å². The van der Waals surface area contributed by atoms with Gasteiger partial charge in [0, 0.05) is 0 Å². The number of hydrogen-bond acceptors (Lipinski definition) is 0. The van der Waals surface area contributed by atoms with E-state index in [1.54, 1.807) is 5.57 Å². The van der Waals surface area contributed by atoms with Crippen LogP contribution in [-0.2, 0) is 0 Å². The topological polar surface area (TPSA) is 0 Å². The zero-order valence-corrected chi connectivity index (χ0v) is 8.02. The molecular weight excluding hydrogens is 144 g/mol. The van der Waals surface area contributed by atoms with Crippen molar-refractivity contribution in [2.75, 3.05) is 0 Å². The van der Waals surface area contributed by atoms with Gasteiger partial charge in [0.2, 0.25) is 0 Å². The lowest BCUT2D eigenvalue weighted by molar-refractivity contribution is 0.566. The fourth-order valence-electron chi connectivity index (χ4n) is 2.12. The molecule has 0 atom stereocenters. The average molecular weight is 164 g/mol. The lowest BCUT2D eigenvalue weighted by atomic mass is 9.95. The minimum atomic E-state index is 0.999. The van der Waals surface area contributed by atoms with Crippen LogP contribution in [0.2, 0.25) is 0 Å². The van der Waals surface area contributed by atoms with Gasteiger partial charge in [0.05, 0.1) is 0 Å². The van der Waals surface area contributed by atoms with E-state index >= 15 is 0 Å². The fraction of sp³-hybridized carbons (Fsp3) is 0.833. The number of allylic oxidation sites excluding steroid dienone is 2. The number of rotatable bonds is 1. The second-order valence-corrected chi connectivity index (χ2v) is 4.43. The van der Waals surface area contributed by atoms with Crippen LogP contribution >= 0.6 is 0 Å². The summed E-state index contributed by atoms with van der Waals surface area (Å²) in [6, 6.07) is 0. The summed E-state index contributed by atoms with van der Waals surface area (Å²) in [6.07, 6.45) is 15.7. The molecule has 2 aliphatic carbocycles. The first-order chi connectivity index (χ1) is 5.95. The maximum atomic E-state index is 2.59. The highest BCUT2D eigenvalue weighted by atomic mass is 14.2. The van der Waals surface area contributed by atoms with Crippen molar-refractivity contribution in [3.8, 4) is 0 Å². The fourth-order valence-corrected chi connectivity index (χ4v) is 2.12. The van der Waals surface area contributed by atoms with Gasteiger partial charge < -0.3 is 0 Å². The van der Waals surface area contributed by atoms with Crippen LogP contribution in [0.15, 0.2) is 11.6 Å². The van der Waals surface area contributed by atoms with E-state index in [-0.39, 0.29) is 0 Å². The first-order valence-corrected chi connectivity index (χ1v) is 5.65. The van der Waals surface area contributed by atoms with Gasteiger partial charge in [-0.2, -0.15) is 0 Å². The van der Waals surface area contributed by atoms with Crippen molar-refractivity contribution in [2.45, 2.75) is 57.8 Å². The van der Waals surface area contributed by atoms with E-state index in [4.69, 9.17) is 0 Å². The Hall–Kier alpha value is -0.260. The quantitative estimate of drug-likeness (QED) is 0.512. The maximum Gasteiger partial charge on any atom is -0.0230 e. The van der Waals surface area contributed by atoms with E-state index in [1.165, 1.54) is 57.8 Å². The Morgan fingerprint density at radius 1 is 0.833 bits per heavy atom. The van der Waals surface area contributed by atoms with E-state index in [0.717, 1.165) is 5.92 Å². The molecule has 0 aromatic heterocycles. The third kappa shape index (κ3) is 2.66. The Labute approximate surface area is 76.1 Å². The van der Waals surface area contributed by atoms with Crippen LogP contribution < -0.4 is 0 Å². The third-order valence-electron chi connectivity index (χ3n) is 3.09. The van der Waals surface area contributed by atoms with Gasteiger partial charge in [0.1, 0.15) is 0 Å². The molecule has 2 aliphatic rings. The SMILES string of the molecule is C(=C1CCCCCCC1)C1CC1. The molecule has 0 N–H and O–H groups in total. The Bertz CT molecular complexity index is 153. The van der Waals surface area contributed by atoms with Crippen LogP contribution in [0.1, 0.15) is 57.8 Å². The third-order valence-corrected chi connectivity index (χ3v) is 3.09. The Morgan fingerprint density at radius 2 is 1.42 bits per heavy atom. The highest BCUT2D eigenvalue weighted by Gasteiger charge is 2.19. The van der Waals surface area contributed by atoms with Gasteiger partial charge in [0.15, 0.2) is 0 Å². The standard InChI is InChI=1S/C12H20/c1-2-4-6-11(7-5-3-1)10-12-8-9-12/h10,12H,1-9H2. The molecule has 2 saturated carbocycles. The monoisotopic (exact) mass is 164 g/mol. The normalized spacial score (nSPS) is 26.2. The molecule has 0 aliphatic heterocycles. The molecule has 0 heteroatoms. The van der Waals surface area contributed by atoms with E-state index in [0.29, 0.717) is 0 Å². The minimum absolute atomic E-state index is 0.999. The maximum absolute atomic E-state index is 2.59. The summed E-state index contributed by atoms with van der Waals surface area (Å²) >= 11 is 0. The Balaban J connectivity index is 1.84. The van der Waals surface area contributed by atoms with Gasteiger partial charge in [-0.25, -0.2) is 0 Å². The smallest absolute Gasteiger partial charge is 0.0230 e. The van der Waals surface area contributed by atoms with Crippen LogP contribution in [0.5, 0.6) is 0 Å². The van der Waals surface area contributed by atoms with Gasteiger partial charge in [-0.15, -0.1) is 0 Å². The molecule has 0 unspecified atom stereocenters. The molecule has 0 heterocycles. The van der Waals surface area contributed by atoms with Crippen LogP contribution in [0, 0.1) is 5.92 Å². The summed E-state index contributed by atoms with van der Waals surface area (Å²) in [5, 5.41) is 0. The Kier molecular flexibility index (Phi) is 2.86. The highest BCUT2D eigenvalue weighted by Crippen LogP contribution is 2.34. The molecular formula is C12H20. The van der Waals surface area contributed by atoms with E-state index in [2.05, 4.69) is 6.08 Å². The van der Waals surface area contributed by atoms with Gasteiger partial charge >= 0.3 is 0 Å². The first-order valence-electron chi connectivity index (χ1n) is 5.65. The van der Waals surface area contributed by atoms with Crippen molar-refractivity contribution in [1.29, 1.82) is 0 Å². The molecule has 0 radical (unpaired) electrons. The molecule has 0 amide bonds. The lowest BCUT2D eigenvalue weighted by Crippen LogP contribution is -1.92. The highest BCUT2D eigenvalue weighted by molar-refractivity contribution is 5.08. The van der Waals surface area contributed by atoms with Crippen molar-refractivity contribution >= 4 is 0 Å². The van der Waals surface area contributed by atoms with Crippen molar-refractivity contribution in [3.63, 3.8) is 0 Å². The number of hydrogen-bond donors (Lipinski definition) is 0. The lowest BCUT2D eigenvalue weighted by Gasteiger charge is -2.11. The summed E-state index contributed by atoms with van der Waals surface area (Å²) in [6.45, 7) is 0. The summed E-state index contributed by atoms with van der Waals surface area (Å²) < 4.78 is 0. The summed E-state index contributed by atoms with van der Waals surface area (Å²) in [5.74, 6) is 0.999. The molecule has 0 spiro atoms. The van der Waals surface area contributed by atoms with Crippen molar-refractivity contribution in [2.24, 2.45) is 5.92 Å². The van der Waals surface area contributed by atoms with Gasteiger partial charge in [-0.3, -0.25) is 0 Å². The van der Waals surface area contributed by atoms with Crippen LogP contribution in [-0.4, -0.2) is 0 Å². The molecule has 68 valence electrons. The summed E-state index contributed by atoms with van der Waals surface area (Å²) in [7, 11) is 0. The largest absolute Gasteiger partial charge is 0.0822 e. The predicted molar refractivity (Wildman–Crippen MR) is 53.1 cm³/mol. The van der Waals surface area contributed by atoms with Crippen LogP contribution in [0.25, 0.3) is 0 Å². The first kappa shape index (κ1) is 8.34. The van der Waals surface area contributed by atoms with Gasteiger partial charge in [-0.05, 0) is 44.4 Å². The predicted octanol–water partition coefficient (Wildman–Crippen LogP) is 4.07. The molecule has 0 saturated heterocycles. The van der Waals surface area contributed by atoms with Crippen molar-refractivity contribution in [1.82, 2.24) is 0 Å². The molecule has 0 nitrogen and oxygen atoms in total. The van der Waals surface area contributed by atoms with Crippen molar-refractivity contribution in [3.05, 3.63) is 11.6 Å². The van der Waals surface area contributed by atoms with Crippen LogP contribution in [0.4, 0.5) is 0 Å². The van der Waals surface area contributed by atoms with Crippen molar-refractivity contribution < 1.29 is 0 Å². The summed E-state index contributed by atoms with van der Waals surface area (Å²) in [4.78, 5) is 0. The second kappa shape index (κ2) is 4.11. The Morgan fingerprint density at radius 3 is 2.00 bits per heavy atom. The molecule has 0 aromatic rings. The molecule has 0 aromatic carbocycles. The van der Waals surface area contributed by atoms with E-state index in [9.17, 15) is 0 Å². The van der Waals surface area contributed by atoms with E-state index in [1.807, 2.05) is 0 Å². The molecule has 2 fully saturated rings. The minimum Gasteiger partial charge on any atom is -0.0822 e. The average Bonchev–Trinajstić information content (AvgIpc) is 2.78. The summed E-state index contributed by atoms with van der Waals surface area (Å²) in [5.41, 5.74) is 1.79. The molecule has 12 heavy (non-hydrogen) atoms. The second-order valence-electron chi connectivity index (χ2n) is 4.43.